The smallest absolute Gasteiger partial charge is 0.226 e. The molecule has 1 amide bonds. The summed E-state index contributed by atoms with van der Waals surface area (Å²) in [4.78, 5) is 15.0. The van der Waals surface area contributed by atoms with Crippen molar-refractivity contribution in [2.45, 2.75) is 51.6 Å². The van der Waals surface area contributed by atoms with E-state index in [1.54, 1.807) is 0 Å². The van der Waals surface area contributed by atoms with Crippen LogP contribution in [0.2, 0.25) is 0 Å². The maximum absolute atomic E-state index is 12.9. The standard InChI is InChI=1S/C19H28N2O/c1-14-12-18(8-10-20-14)19(22)21-11-9-17(15(21)2)13-16-6-4-3-5-7-16/h3-7,14-15,17-18,20H,8-13H2,1-2H3/t14-,15?,17?,18-/m0/s1. The third kappa shape index (κ3) is 3.35. The molecule has 2 unspecified atom stereocenters. The number of piperidine rings is 1. The molecule has 3 nitrogen and oxygen atoms in total. The number of carbonyl (C=O) groups excluding carboxylic acids is 1. The molecule has 1 aromatic carbocycles. The van der Waals surface area contributed by atoms with Crippen molar-refractivity contribution < 1.29 is 4.79 Å². The Bertz CT molecular complexity index is 501. The van der Waals surface area contributed by atoms with Gasteiger partial charge in [-0.15, -0.1) is 0 Å². The van der Waals surface area contributed by atoms with Gasteiger partial charge in [-0.05, 0) is 57.6 Å². The van der Waals surface area contributed by atoms with Gasteiger partial charge >= 0.3 is 0 Å². The van der Waals surface area contributed by atoms with Crippen LogP contribution < -0.4 is 5.32 Å². The van der Waals surface area contributed by atoms with Crippen molar-refractivity contribution in [3.63, 3.8) is 0 Å². The van der Waals surface area contributed by atoms with Gasteiger partial charge in [0, 0.05) is 24.5 Å². The van der Waals surface area contributed by atoms with Crippen LogP contribution in [-0.4, -0.2) is 36.0 Å². The zero-order valence-electron chi connectivity index (χ0n) is 13.8. The highest BCUT2D eigenvalue weighted by Crippen LogP contribution is 2.30. The van der Waals surface area contributed by atoms with E-state index in [-0.39, 0.29) is 5.92 Å². The summed E-state index contributed by atoms with van der Waals surface area (Å²) in [6.07, 6.45) is 4.22. The Morgan fingerprint density at radius 1 is 1.23 bits per heavy atom. The summed E-state index contributed by atoms with van der Waals surface area (Å²) in [5.74, 6) is 1.23. The van der Waals surface area contributed by atoms with Crippen LogP contribution in [-0.2, 0) is 11.2 Å². The Balaban J connectivity index is 1.60. The molecule has 4 atom stereocenters. The maximum atomic E-state index is 12.9. The van der Waals surface area contributed by atoms with Gasteiger partial charge in [0.2, 0.25) is 5.91 Å². The fraction of sp³-hybridized carbons (Fsp3) is 0.632. The molecule has 3 rings (SSSR count). The number of amides is 1. The molecule has 0 saturated carbocycles. The van der Waals surface area contributed by atoms with E-state index in [1.807, 2.05) is 0 Å². The normalized spacial score (nSPS) is 32.2. The largest absolute Gasteiger partial charge is 0.339 e. The molecule has 2 aliphatic rings. The minimum Gasteiger partial charge on any atom is -0.339 e. The molecule has 0 radical (unpaired) electrons. The zero-order valence-corrected chi connectivity index (χ0v) is 13.8. The van der Waals surface area contributed by atoms with Gasteiger partial charge in [0.15, 0.2) is 0 Å². The van der Waals surface area contributed by atoms with Crippen molar-refractivity contribution >= 4 is 5.91 Å². The Morgan fingerprint density at radius 3 is 2.73 bits per heavy atom. The molecule has 3 heteroatoms. The van der Waals surface area contributed by atoms with Crippen LogP contribution in [0.3, 0.4) is 0 Å². The number of likely N-dealkylation sites (tertiary alicyclic amines) is 1. The van der Waals surface area contributed by atoms with E-state index in [2.05, 4.69) is 54.4 Å². The second-order valence-electron chi connectivity index (χ2n) is 7.09. The monoisotopic (exact) mass is 300 g/mol. The Kier molecular flexibility index (Phi) is 4.82. The van der Waals surface area contributed by atoms with Crippen molar-refractivity contribution in [2.24, 2.45) is 11.8 Å². The summed E-state index contributed by atoms with van der Waals surface area (Å²) >= 11 is 0. The quantitative estimate of drug-likeness (QED) is 0.931. The predicted octanol–water partition coefficient (Wildman–Crippen LogP) is 2.85. The molecule has 0 bridgehead atoms. The summed E-state index contributed by atoms with van der Waals surface area (Å²) in [5.41, 5.74) is 1.39. The minimum absolute atomic E-state index is 0.231. The van der Waals surface area contributed by atoms with Crippen LogP contribution in [0.25, 0.3) is 0 Å². The lowest BCUT2D eigenvalue weighted by Crippen LogP contribution is -2.45. The SMILES string of the molecule is CC1C(Cc2ccccc2)CCN1C(=O)[C@H]1CCN[C@@H](C)C1. The topological polar surface area (TPSA) is 32.3 Å². The second-order valence-corrected chi connectivity index (χ2v) is 7.09. The summed E-state index contributed by atoms with van der Waals surface area (Å²) in [6, 6.07) is 11.5. The number of hydrogen-bond donors (Lipinski definition) is 1. The molecule has 0 spiro atoms. The molecule has 1 N–H and O–H groups in total. The third-order valence-corrected chi connectivity index (χ3v) is 5.51. The van der Waals surface area contributed by atoms with E-state index in [1.165, 1.54) is 5.56 Å². The molecule has 1 aromatic rings. The Labute approximate surface area is 134 Å². The van der Waals surface area contributed by atoms with Crippen molar-refractivity contribution in [1.82, 2.24) is 10.2 Å². The Morgan fingerprint density at radius 2 is 2.00 bits per heavy atom. The first kappa shape index (κ1) is 15.5. The lowest BCUT2D eigenvalue weighted by molar-refractivity contribution is -0.137. The van der Waals surface area contributed by atoms with Gasteiger partial charge in [-0.25, -0.2) is 0 Å². The van der Waals surface area contributed by atoms with E-state index in [4.69, 9.17) is 0 Å². The molecule has 2 saturated heterocycles. The van der Waals surface area contributed by atoms with Gasteiger partial charge in [-0.3, -0.25) is 4.79 Å². The van der Waals surface area contributed by atoms with Crippen LogP contribution >= 0.6 is 0 Å². The maximum Gasteiger partial charge on any atom is 0.226 e. The number of carbonyl (C=O) groups is 1. The molecule has 2 heterocycles. The lowest BCUT2D eigenvalue weighted by atomic mass is 9.90. The van der Waals surface area contributed by atoms with Crippen molar-refractivity contribution in [3.8, 4) is 0 Å². The van der Waals surface area contributed by atoms with E-state index < -0.39 is 0 Å². The van der Waals surface area contributed by atoms with Gasteiger partial charge in [-0.2, -0.15) is 0 Å². The summed E-state index contributed by atoms with van der Waals surface area (Å²) in [6.45, 7) is 6.34. The average Bonchev–Trinajstić information content (AvgIpc) is 2.89. The van der Waals surface area contributed by atoms with Crippen LogP contribution in [0.1, 0.15) is 38.7 Å². The number of hydrogen-bond acceptors (Lipinski definition) is 2. The predicted molar refractivity (Wildman–Crippen MR) is 89.6 cm³/mol. The van der Waals surface area contributed by atoms with Crippen LogP contribution in [0, 0.1) is 11.8 Å². The summed E-state index contributed by atoms with van der Waals surface area (Å²) in [5, 5.41) is 3.44. The molecular formula is C19H28N2O. The number of nitrogens with one attached hydrogen (secondary N) is 1. The first-order valence-electron chi connectivity index (χ1n) is 8.73. The second kappa shape index (κ2) is 6.82. The van der Waals surface area contributed by atoms with Crippen molar-refractivity contribution in [2.75, 3.05) is 13.1 Å². The van der Waals surface area contributed by atoms with E-state index in [0.29, 0.717) is 23.9 Å². The molecular weight excluding hydrogens is 272 g/mol. The number of rotatable bonds is 3. The fourth-order valence-corrected chi connectivity index (χ4v) is 4.10. The van der Waals surface area contributed by atoms with Crippen LogP contribution in [0.5, 0.6) is 0 Å². The molecule has 22 heavy (non-hydrogen) atoms. The summed E-state index contributed by atoms with van der Waals surface area (Å²) < 4.78 is 0. The Hall–Kier alpha value is -1.35. The molecule has 0 aromatic heterocycles. The number of nitrogens with zero attached hydrogens (tertiary/aromatic N) is 1. The highest BCUT2D eigenvalue weighted by Gasteiger charge is 2.37. The van der Waals surface area contributed by atoms with Gasteiger partial charge in [-0.1, -0.05) is 30.3 Å². The number of benzene rings is 1. The third-order valence-electron chi connectivity index (χ3n) is 5.51. The highest BCUT2D eigenvalue weighted by atomic mass is 16.2. The molecule has 2 fully saturated rings. The molecule has 120 valence electrons. The average molecular weight is 300 g/mol. The first-order chi connectivity index (χ1) is 10.6. The molecule has 2 aliphatic heterocycles. The van der Waals surface area contributed by atoms with E-state index in [0.717, 1.165) is 38.8 Å². The van der Waals surface area contributed by atoms with Crippen LogP contribution in [0.4, 0.5) is 0 Å². The lowest BCUT2D eigenvalue weighted by Gasteiger charge is -2.33. The van der Waals surface area contributed by atoms with Gasteiger partial charge in [0.1, 0.15) is 0 Å². The minimum atomic E-state index is 0.231. The van der Waals surface area contributed by atoms with Gasteiger partial charge in [0.25, 0.3) is 0 Å². The first-order valence-corrected chi connectivity index (χ1v) is 8.73. The van der Waals surface area contributed by atoms with Gasteiger partial charge in [0.05, 0.1) is 0 Å². The van der Waals surface area contributed by atoms with Gasteiger partial charge < -0.3 is 10.2 Å². The van der Waals surface area contributed by atoms with E-state index >= 15 is 0 Å². The highest BCUT2D eigenvalue weighted by molar-refractivity contribution is 5.79. The van der Waals surface area contributed by atoms with E-state index in [9.17, 15) is 4.79 Å². The van der Waals surface area contributed by atoms with Crippen molar-refractivity contribution in [3.05, 3.63) is 35.9 Å². The fourth-order valence-electron chi connectivity index (χ4n) is 4.10. The summed E-state index contributed by atoms with van der Waals surface area (Å²) in [7, 11) is 0. The van der Waals surface area contributed by atoms with Crippen LogP contribution in [0.15, 0.2) is 30.3 Å². The zero-order chi connectivity index (χ0) is 15.5. The van der Waals surface area contributed by atoms with Crippen molar-refractivity contribution in [1.29, 1.82) is 0 Å². The molecule has 0 aliphatic carbocycles.